The summed E-state index contributed by atoms with van der Waals surface area (Å²) in [7, 11) is 1.62. The van der Waals surface area contributed by atoms with E-state index in [9.17, 15) is 20.4 Å². The molecule has 0 aromatic heterocycles. The van der Waals surface area contributed by atoms with Crippen molar-refractivity contribution >= 4 is 0 Å². The van der Waals surface area contributed by atoms with Gasteiger partial charge in [-0.15, -0.1) is 0 Å². The van der Waals surface area contributed by atoms with E-state index >= 15 is 0 Å². The van der Waals surface area contributed by atoms with Gasteiger partial charge in [-0.05, 0) is 48.7 Å². The lowest BCUT2D eigenvalue weighted by molar-refractivity contribution is -0.277. The van der Waals surface area contributed by atoms with Gasteiger partial charge in [-0.3, -0.25) is 0 Å². The number of aryl methyl sites for hydroxylation is 2. The van der Waals surface area contributed by atoms with Gasteiger partial charge in [0.25, 0.3) is 0 Å². The summed E-state index contributed by atoms with van der Waals surface area (Å²) < 4.78 is 16.7. The first-order chi connectivity index (χ1) is 13.8. The van der Waals surface area contributed by atoms with E-state index in [4.69, 9.17) is 14.2 Å². The SMILES string of the molecule is COc1ccc(Cc2c(C)cc(C)cc2O[C@@H]2O[C@H](CO)[C@@H](O)[C@H](O)[C@H]2O)cc1. The maximum atomic E-state index is 10.3. The van der Waals surface area contributed by atoms with Crippen molar-refractivity contribution in [2.24, 2.45) is 0 Å². The van der Waals surface area contributed by atoms with E-state index in [1.54, 1.807) is 7.11 Å². The van der Waals surface area contributed by atoms with Crippen molar-refractivity contribution < 1.29 is 34.6 Å². The Morgan fingerprint density at radius 2 is 1.66 bits per heavy atom. The predicted octanol–water partition coefficient (Wildman–Crippen LogP) is 1.08. The lowest BCUT2D eigenvalue weighted by Gasteiger charge is -2.39. The van der Waals surface area contributed by atoms with Crippen LogP contribution in [-0.2, 0) is 11.2 Å². The molecular weight excluding hydrogens is 376 g/mol. The average Bonchev–Trinajstić information content (AvgIpc) is 2.71. The van der Waals surface area contributed by atoms with Crippen molar-refractivity contribution in [1.29, 1.82) is 0 Å². The first-order valence-electron chi connectivity index (χ1n) is 9.54. The third-order valence-electron chi connectivity index (χ3n) is 5.21. The summed E-state index contributed by atoms with van der Waals surface area (Å²) in [5.74, 6) is 1.29. The van der Waals surface area contributed by atoms with Gasteiger partial charge in [-0.2, -0.15) is 0 Å². The maximum absolute atomic E-state index is 10.3. The van der Waals surface area contributed by atoms with Gasteiger partial charge in [-0.1, -0.05) is 18.2 Å². The second-order valence-electron chi connectivity index (χ2n) is 7.40. The van der Waals surface area contributed by atoms with Crippen LogP contribution in [0.2, 0.25) is 0 Å². The highest BCUT2D eigenvalue weighted by Crippen LogP contribution is 2.31. The topological polar surface area (TPSA) is 109 Å². The molecule has 2 aromatic carbocycles. The molecule has 158 valence electrons. The van der Waals surface area contributed by atoms with Crippen LogP contribution in [0.3, 0.4) is 0 Å². The van der Waals surface area contributed by atoms with Crippen LogP contribution in [0.15, 0.2) is 36.4 Å². The summed E-state index contributed by atoms with van der Waals surface area (Å²) >= 11 is 0. The normalized spacial score (nSPS) is 26.9. The van der Waals surface area contributed by atoms with Crippen molar-refractivity contribution in [3.8, 4) is 11.5 Å². The van der Waals surface area contributed by atoms with Gasteiger partial charge in [0.2, 0.25) is 6.29 Å². The lowest BCUT2D eigenvalue weighted by atomic mass is 9.97. The van der Waals surface area contributed by atoms with Crippen LogP contribution < -0.4 is 9.47 Å². The van der Waals surface area contributed by atoms with Crippen molar-refractivity contribution in [2.45, 2.75) is 51.0 Å². The predicted molar refractivity (Wildman–Crippen MR) is 106 cm³/mol. The van der Waals surface area contributed by atoms with Gasteiger partial charge < -0.3 is 34.6 Å². The van der Waals surface area contributed by atoms with E-state index in [-0.39, 0.29) is 0 Å². The molecule has 5 atom stereocenters. The number of methoxy groups -OCH3 is 1. The number of aliphatic hydroxyl groups excluding tert-OH is 4. The fourth-order valence-corrected chi connectivity index (χ4v) is 3.53. The minimum atomic E-state index is -1.48. The standard InChI is InChI=1S/C22H28O7/c1-12-8-13(2)16(10-14-4-6-15(27-3)7-5-14)17(9-12)28-22-21(26)20(25)19(24)18(11-23)29-22/h4-9,18-26H,10-11H2,1-3H3/t18-,19-,20+,21-,22-/m1/s1. The van der Waals surface area contributed by atoms with Crippen LogP contribution >= 0.6 is 0 Å². The lowest BCUT2D eigenvalue weighted by Crippen LogP contribution is -2.60. The quantitative estimate of drug-likeness (QED) is 0.571. The number of hydrogen-bond acceptors (Lipinski definition) is 7. The number of rotatable bonds is 6. The van der Waals surface area contributed by atoms with E-state index in [1.165, 1.54) is 0 Å². The molecule has 0 spiro atoms. The van der Waals surface area contributed by atoms with Gasteiger partial charge in [0.05, 0.1) is 13.7 Å². The third-order valence-corrected chi connectivity index (χ3v) is 5.21. The molecule has 4 N–H and O–H groups in total. The molecule has 7 nitrogen and oxygen atoms in total. The molecule has 0 amide bonds. The molecule has 0 unspecified atom stereocenters. The summed E-state index contributed by atoms with van der Waals surface area (Å²) in [6, 6.07) is 11.6. The highest BCUT2D eigenvalue weighted by molar-refractivity contribution is 5.46. The van der Waals surface area contributed by atoms with Crippen LogP contribution in [0.4, 0.5) is 0 Å². The van der Waals surface area contributed by atoms with Crippen molar-refractivity contribution in [3.05, 3.63) is 58.7 Å². The Bertz CT molecular complexity index is 819. The molecular formula is C22H28O7. The second-order valence-corrected chi connectivity index (χ2v) is 7.40. The van der Waals surface area contributed by atoms with Crippen LogP contribution in [0.1, 0.15) is 22.3 Å². The summed E-state index contributed by atoms with van der Waals surface area (Å²) in [5.41, 5.74) is 3.95. The Morgan fingerprint density at radius 3 is 2.28 bits per heavy atom. The van der Waals surface area contributed by atoms with Crippen LogP contribution in [-0.4, -0.2) is 64.8 Å². The molecule has 7 heteroatoms. The molecule has 3 rings (SSSR count). The molecule has 0 bridgehead atoms. The van der Waals surface area contributed by atoms with Gasteiger partial charge in [0, 0.05) is 12.0 Å². The third kappa shape index (κ3) is 4.71. The van der Waals surface area contributed by atoms with Crippen molar-refractivity contribution in [2.75, 3.05) is 13.7 Å². The molecule has 1 saturated heterocycles. The Balaban J connectivity index is 1.88. The van der Waals surface area contributed by atoms with E-state index in [2.05, 4.69) is 0 Å². The average molecular weight is 404 g/mol. The summed E-state index contributed by atoms with van der Waals surface area (Å²) in [6.07, 6.45) is -6.02. The molecule has 1 fully saturated rings. The molecule has 2 aromatic rings. The monoisotopic (exact) mass is 404 g/mol. The van der Waals surface area contributed by atoms with E-state index in [1.807, 2.05) is 50.2 Å². The minimum Gasteiger partial charge on any atom is -0.497 e. The summed E-state index contributed by atoms with van der Waals surface area (Å²) in [6.45, 7) is 3.41. The van der Waals surface area contributed by atoms with Crippen molar-refractivity contribution in [1.82, 2.24) is 0 Å². The highest BCUT2D eigenvalue weighted by Gasteiger charge is 2.44. The molecule has 1 aliphatic heterocycles. The van der Waals surface area contributed by atoms with E-state index in [0.717, 1.165) is 28.0 Å². The smallest absolute Gasteiger partial charge is 0.229 e. The summed E-state index contributed by atoms with van der Waals surface area (Å²) in [5, 5.41) is 39.7. The maximum Gasteiger partial charge on any atom is 0.229 e. The fourth-order valence-electron chi connectivity index (χ4n) is 3.53. The Kier molecular flexibility index (Phi) is 6.77. The molecule has 0 radical (unpaired) electrons. The Labute approximate surface area is 170 Å². The van der Waals surface area contributed by atoms with Gasteiger partial charge >= 0.3 is 0 Å². The molecule has 29 heavy (non-hydrogen) atoms. The fraction of sp³-hybridized carbons (Fsp3) is 0.455. The summed E-state index contributed by atoms with van der Waals surface area (Å²) in [4.78, 5) is 0. The van der Waals surface area contributed by atoms with E-state index in [0.29, 0.717) is 12.2 Å². The Morgan fingerprint density at radius 1 is 0.966 bits per heavy atom. The molecule has 1 aliphatic rings. The zero-order valence-electron chi connectivity index (χ0n) is 16.8. The van der Waals surface area contributed by atoms with Crippen molar-refractivity contribution in [3.63, 3.8) is 0 Å². The highest BCUT2D eigenvalue weighted by atomic mass is 16.7. The second kappa shape index (κ2) is 9.11. The zero-order valence-corrected chi connectivity index (χ0v) is 16.8. The minimum absolute atomic E-state index is 0.504. The zero-order chi connectivity index (χ0) is 21.1. The largest absolute Gasteiger partial charge is 0.497 e. The Hall–Kier alpha value is -2.16. The van der Waals surface area contributed by atoms with Gasteiger partial charge in [0.15, 0.2) is 0 Å². The van der Waals surface area contributed by atoms with Crippen LogP contribution in [0, 0.1) is 13.8 Å². The number of benzene rings is 2. The number of aliphatic hydroxyl groups is 4. The number of ether oxygens (including phenoxy) is 3. The van der Waals surface area contributed by atoms with Gasteiger partial charge in [-0.25, -0.2) is 0 Å². The van der Waals surface area contributed by atoms with Gasteiger partial charge in [0.1, 0.15) is 35.9 Å². The van der Waals surface area contributed by atoms with Crippen LogP contribution in [0.5, 0.6) is 11.5 Å². The molecule has 0 aliphatic carbocycles. The first-order valence-corrected chi connectivity index (χ1v) is 9.54. The first kappa shape index (κ1) is 21.5. The van der Waals surface area contributed by atoms with E-state index < -0.39 is 37.3 Å². The molecule has 1 heterocycles. The molecule has 0 saturated carbocycles. The van der Waals surface area contributed by atoms with Crippen LogP contribution in [0.25, 0.3) is 0 Å². The number of hydrogen-bond donors (Lipinski definition) is 4.